The van der Waals surface area contributed by atoms with Gasteiger partial charge in [0.15, 0.2) is 0 Å². The zero-order valence-corrected chi connectivity index (χ0v) is 8.11. The lowest BCUT2D eigenvalue weighted by atomic mass is 9.96. The summed E-state index contributed by atoms with van der Waals surface area (Å²) in [4.78, 5) is 2.53. The van der Waals surface area contributed by atoms with E-state index in [0.29, 0.717) is 0 Å². The van der Waals surface area contributed by atoms with Crippen molar-refractivity contribution in [3.05, 3.63) is 0 Å². The molecule has 0 radical (unpaired) electrons. The molecule has 0 bridgehead atoms. The maximum atomic E-state index is 5.71. The largest absolute Gasteiger partial charge is 0.303 e. The Morgan fingerprint density at radius 3 is 3.00 bits per heavy atom. The van der Waals surface area contributed by atoms with Gasteiger partial charge >= 0.3 is 0 Å². The maximum Gasteiger partial charge on any atom is 0.0226 e. The van der Waals surface area contributed by atoms with Crippen molar-refractivity contribution in [1.29, 1.82) is 0 Å². The van der Waals surface area contributed by atoms with Gasteiger partial charge in [-0.2, -0.15) is 0 Å². The molecular weight excluding hydrogens is 158 g/mol. The van der Waals surface area contributed by atoms with Crippen molar-refractivity contribution < 1.29 is 0 Å². The number of alkyl halides is 1. The van der Waals surface area contributed by atoms with E-state index in [1.807, 2.05) is 0 Å². The van der Waals surface area contributed by atoms with Gasteiger partial charge in [0.05, 0.1) is 0 Å². The molecule has 1 heterocycles. The third-order valence-electron chi connectivity index (χ3n) is 2.57. The second-order valence-electron chi connectivity index (χ2n) is 3.38. The van der Waals surface area contributed by atoms with Crippen molar-refractivity contribution in [3.8, 4) is 0 Å². The van der Waals surface area contributed by atoms with Crippen LogP contribution in [0.4, 0.5) is 0 Å². The van der Waals surface area contributed by atoms with Gasteiger partial charge in [-0.15, -0.1) is 11.6 Å². The summed E-state index contributed by atoms with van der Waals surface area (Å²) in [5, 5.41) is 0. The van der Waals surface area contributed by atoms with Crippen molar-refractivity contribution in [3.63, 3.8) is 0 Å². The molecule has 1 atom stereocenters. The van der Waals surface area contributed by atoms with Crippen molar-refractivity contribution in [2.75, 3.05) is 25.5 Å². The van der Waals surface area contributed by atoms with Gasteiger partial charge in [0, 0.05) is 12.4 Å². The van der Waals surface area contributed by atoms with Crippen molar-refractivity contribution >= 4 is 11.6 Å². The topological polar surface area (TPSA) is 3.24 Å². The molecule has 1 saturated heterocycles. The van der Waals surface area contributed by atoms with Crippen molar-refractivity contribution in [2.45, 2.75) is 26.2 Å². The van der Waals surface area contributed by atoms with Crippen LogP contribution in [0.2, 0.25) is 0 Å². The summed E-state index contributed by atoms with van der Waals surface area (Å²) in [6.07, 6.45) is 3.97. The third kappa shape index (κ3) is 3.00. The van der Waals surface area contributed by atoms with Crippen LogP contribution in [0.3, 0.4) is 0 Å². The number of rotatable bonds is 3. The normalized spacial score (nSPS) is 27.3. The molecule has 1 fully saturated rings. The van der Waals surface area contributed by atoms with Crippen molar-refractivity contribution in [2.24, 2.45) is 5.92 Å². The van der Waals surface area contributed by atoms with E-state index < -0.39 is 0 Å². The number of likely N-dealkylation sites (tertiary alicyclic amines) is 1. The first kappa shape index (κ1) is 9.34. The quantitative estimate of drug-likeness (QED) is 0.596. The SMILES string of the molecule is CCN1CCCC(CCCl)C1. The van der Waals surface area contributed by atoms with Gasteiger partial charge in [0.1, 0.15) is 0 Å². The van der Waals surface area contributed by atoms with Crippen LogP contribution < -0.4 is 0 Å². The van der Waals surface area contributed by atoms with Gasteiger partial charge in [-0.1, -0.05) is 6.92 Å². The first-order valence-corrected chi connectivity index (χ1v) is 5.18. The van der Waals surface area contributed by atoms with E-state index >= 15 is 0 Å². The summed E-state index contributed by atoms with van der Waals surface area (Å²) in [6, 6.07) is 0. The van der Waals surface area contributed by atoms with E-state index in [1.165, 1.54) is 38.9 Å². The molecule has 1 aliphatic heterocycles. The number of piperidine rings is 1. The summed E-state index contributed by atoms with van der Waals surface area (Å²) in [5.74, 6) is 1.71. The molecule has 0 aromatic heterocycles. The van der Waals surface area contributed by atoms with Gasteiger partial charge in [-0.25, -0.2) is 0 Å². The summed E-state index contributed by atoms with van der Waals surface area (Å²) in [6.45, 7) is 6.03. The summed E-state index contributed by atoms with van der Waals surface area (Å²) in [5.41, 5.74) is 0. The van der Waals surface area contributed by atoms with Gasteiger partial charge in [0.25, 0.3) is 0 Å². The Morgan fingerprint density at radius 2 is 2.36 bits per heavy atom. The smallest absolute Gasteiger partial charge is 0.0226 e. The van der Waals surface area contributed by atoms with Gasteiger partial charge in [0.2, 0.25) is 0 Å². The first-order chi connectivity index (χ1) is 5.36. The summed E-state index contributed by atoms with van der Waals surface area (Å²) in [7, 11) is 0. The zero-order valence-electron chi connectivity index (χ0n) is 7.35. The molecule has 2 heteroatoms. The zero-order chi connectivity index (χ0) is 8.10. The van der Waals surface area contributed by atoms with E-state index in [0.717, 1.165) is 11.8 Å². The highest BCUT2D eigenvalue weighted by molar-refractivity contribution is 6.17. The van der Waals surface area contributed by atoms with Crippen LogP contribution in [0.1, 0.15) is 26.2 Å². The number of hydrogen-bond acceptors (Lipinski definition) is 1. The average Bonchev–Trinajstić information content (AvgIpc) is 2.06. The second kappa shape index (κ2) is 5.00. The highest BCUT2D eigenvalue weighted by Crippen LogP contribution is 2.19. The minimum atomic E-state index is 0.836. The molecule has 1 nitrogen and oxygen atoms in total. The minimum Gasteiger partial charge on any atom is -0.303 e. The molecule has 0 N–H and O–H groups in total. The fourth-order valence-corrected chi connectivity index (χ4v) is 2.14. The first-order valence-electron chi connectivity index (χ1n) is 4.65. The van der Waals surface area contributed by atoms with Gasteiger partial charge < -0.3 is 4.90 Å². The second-order valence-corrected chi connectivity index (χ2v) is 3.76. The van der Waals surface area contributed by atoms with Crippen LogP contribution in [-0.2, 0) is 0 Å². The fourth-order valence-electron chi connectivity index (χ4n) is 1.83. The number of halogens is 1. The molecule has 1 aliphatic rings. The van der Waals surface area contributed by atoms with E-state index in [-0.39, 0.29) is 0 Å². The van der Waals surface area contributed by atoms with Crippen LogP contribution in [0.25, 0.3) is 0 Å². The van der Waals surface area contributed by atoms with Crippen molar-refractivity contribution in [1.82, 2.24) is 4.90 Å². The van der Waals surface area contributed by atoms with E-state index in [4.69, 9.17) is 11.6 Å². The maximum absolute atomic E-state index is 5.71. The monoisotopic (exact) mass is 175 g/mol. The molecule has 1 rings (SSSR count). The van der Waals surface area contributed by atoms with Gasteiger partial charge in [-0.3, -0.25) is 0 Å². The van der Waals surface area contributed by atoms with Crippen LogP contribution in [-0.4, -0.2) is 30.4 Å². The predicted molar refractivity (Wildman–Crippen MR) is 50.2 cm³/mol. The Labute approximate surface area is 74.7 Å². The fraction of sp³-hybridized carbons (Fsp3) is 1.00. The molecule has 1 unspecified atom stereocenters. The summed E-state index contributed by atoms with van der Waals surface area (Å²) < 4.78 is 0. The number of hydrogen-bond donors (Lipinski definition) is 0. The average molecular weight is 176 g/mol. The minimum absolute atomic E-state index is 0.836. The lowest BCUT2D eigenvalue weighted by molar-refractivity contribution is 0.180. The number of nitrogens with zero attached hydrogens (tertiary/aromatic N) is 1. The predicted octanol–water partition coefficient (Wildman–Crippen LogP) is 2.35. The Morgan fingerprint density at radius 1 is 1.55 bits per heavy atom. The molecule has 0 aromatic rings. The van der Waals surface area contributed by atoms with E-state index in [9.17, 15) is 0 Å². The van der Waals surface area contributed by atoms with Gasteiger partial charge in [-0.05, 0) is 38.3 Å². The molecule has 0 aromatic carbocycles. The van der Waals surface area contributed by atoms with E-state index in [2.05, 4.69) is 11.8 Å². The van der Waals surface area contributed by atoms with Crippen LogP contribution in [0.15, 0.2) is 0 Å². The molecule has 0 saturated carbocycles. The molecule has 11 heavy (non-hydrogen) atoms. The standard InChI is InChI=1S/C9H18ClN/c1-2-11-7-3-4-9(8-11)5-6-10/h9H,2-8H2,1H3. The molecular formula is C9H18ClN. The third-order valence-corrected chi connectivity index (χ3v) is 2.79. The van der Waals surface area contributed by atoms with Crippen LogP contribution in [0, 0.1) is 5.92 Å². The van der Waals surface area contributed by atoms with Crippen LogP contribution in [0.5, 0.6) is 0 Å². The van der Waals surface area contributed by atoms with E-state index in [1.54, 1.807) is 0 Å². The Hall–Kier alpha value is 0.250. The lowest BCUT2D eigenvalue weighted by Crippen LogP contribution is -2.35. The Balaban J connectivity index is 2.21. The summed E-state index contributed by atoms with van der Waals surface area (Å²) >= 11 is 5.71. The molecule has 0 spiro atoms. The highest BCUT2D eigenvalue weighted by Gasteiger charge is 2.17. The Bertz CT molecular complexity index is 104. The molecule has 0 amide bonds. The van der Waals surface area contributed by atoms with Crippen LogP contribution >= 0.6 is 11.6 Å². The molecule has 66 valence electrons. The lowest BCUT2D eigenvalue weighted by Gasteiger charge is -2.31. The molecule has 0 aliphatic carbocycles. The Kier molecular flexibility index (Phi) is 4.24. The highest BCUT2D eigenvalue weighted by atomic mass is 35.5.